The molecule has 0 amide bonds. The molecule has 0 radical (unpaired) electrons. The molecule has 0 spiro atoms. The molecular weight excluding hydrogens is 325 g/mol. The summed E-state index contributed by atoms with van der Waals surface area (Å²) >= 11 is 0. The Labute approximate surface area is 121 Å². The van der Waals surface area contributed by atoms with Gasteiger partial charge in [-0.2, -0.15) is 13.2 Å². The minimum atomic E-state index is -5.47. The second kappa shape index (κ2) is 4.43. The monoisotopic (exact) mass is 332 g/mol. The van der Waals surface area contributed by atoms with Gasteiger partial charge in [0.05, 0.1) is 10.5 Å². The van der Waals surface area contributed by atoms with E-state index in [1.54, 1.807) is 0 Å². The van der Waals surface area contributed by atoms with E-state index in [1.807, 2.05) is 0 Å². The van der Waals surface area contributed by atoms with Crippen molar-refractivity contribution >= 4 is 26.6 Å². The maximum atomic E-state index is 12.6. The molecular formula is C13H7F3O5S. The maximum Gasteiger partial charge on any atom is 0.501 e. The third kappa shape index (κ3) is 2.04. The lowest BCUT2D eigenvalue weighted by molar-refractivity contribution is -0.0547. The lowest BCUT2D eigenvalue weighted by Crippen LogP contribution is -2.23. The van der Waals surface area contributed by atoms with E-state index in [2.05, 4.69) is 4.74 Å². The van der Waals surface area contributed by atoms with E-state index in [0.29, 0.717) is 5.39 Å². The summed E-state index contributed by atoms with van der Waals surface area (Å²) in [6, 6.07) is 5.38. The molecule has 3 rings (SSSR count). The van der Waals surface area contributed by atoms with Crippen molar-refractivity contribution in [2.24, 2.45) is 0 Å². The summed E-state index contributed by atoms with van der Waals surface area (Å²) in [6.45, 7) is 0. The highest BCUT2D eigenvalue weighted by atomic mass is 32.2. The smallest absolute Gasteiger partial charge is 0.428 e. The highest BCUT2D eigenvalue weighted by Gasteiger charge is 2.46. The number of benzene rings is 2. The van der Waals surface area contributed by atoms with E-state index in [0.717, 1.165) is 12.1 Å². The molecule has 9 heteroatoms. The molecule has 1 atom stereocenters. The van der Waals surface area contributed by atoms with Crippen LogP contribution in [0.2, 0.25) is 0 Å². The fraction of sp³-hybridized carbons (Fsp3) is 0.154. The standard InChI is InChI=1S/C13H7F3O5S/c14-13(15,16)22(19,20)8-2-1-6-4-9-10(5-7(6)3-8)12(18)21-11(9)17/h1-5,11,17H. The summed E-state index contributed by atoms with van der Waals surface area (Å²) in [5.74, 6) is -0.825. The minimum Gasteiger partial charge on any atom is -0.428 e. The van der Waals surface area contributed by atoms with Crippen molar-refractivity contribution in [2.45, 2.75) is 16.7 Å². The number of cyclic esters (lactones) is 1. The predicted octanol–water partition coefficient (Wildman–Crippen LogP) is 2.29. The first-order chi connectivity index (χ1) is 10.1. The number of aliphatic hydroxyl groups is 1. The Morgan fingerprint density at radius 2 is 1.77 bits per heavy atom. The Bertz CT molecular complexity index is 902. The van der Waals surface area contributed by atoms with Crippen LogP contribution in [0.5, 0.6) is 0 Å². The van der Waals surface area contributed by atoms with E-state index in [4.69, 9.17) is 0 Å². The van der Waals surface area contributed by atoms with Gasteiger partial charge in [0.25, 0.3) is 9.84 Å². The van der Waals surface area contributed by atoms with Gasteiger partial charge in [-0.05, 0) is 35.0 Å². The normalized spacial score (nSPS) is 18.4. The van der Waals surface area contributed by atoms with Gasteiger partial charge in [0, 0.05) is 5.56 Å². The molecule has 2 aromatic rings. The first-order valence-electron chi connectivity index (χ1n) is 5.89. The van der Waals surface area contributed by atoms with Crippen molar-refractivity contribution in [2.75, 3.05) is 0 Å². The molecule has 0 saturated carbocycles. The van der Waals surface area contributed by atoms with E-state index in [-0.39, 0.29) is 16.5 Å². The van der Waals surface area contributed by atoms with Crippen LogP contribution in [-0.2, 0) is 14.6 Å². The number of fused-ring (bicyclic) bond motifs is 2. The van der Waals surface area contributed by atoms with Gasteiger partial charge >= 0.3 is 11.5 Å². The van der Waals surface area contributed by atoms with Crippen molar-refractivity contribution in [3.8, 4) is 0 Å². The quantitative estimate of drug-likeness (QED) is 0.811. The third-order valence-electron chi connectivity index (χ3n) is 3.30. The van der Waals surface area contributed by atoms with Crippen LogP contribution >= 0.6 is 0 Å². The van der Waals surface area contributed by atoms with Crippen molar-refractivity contribution in [3.05, 3.63) is 41.5 Å². The summed E-state index contributed by atoms with van der Waals surface area (Å²) in [5.41, 5.74) is -5.24. The Kier molecular flexibility index (Phi) is 2.98. The molecule has 22 heavy (non-hydrogen) atoms. The van der Waals surface area contributed by atoms with Gasteiger partial charge in [0.15, 0.2) is 0 Å². The van der Waals surface area contributed by atoms with Crippen LogP contribution < -0.4 is 0 Å². The van der Waals surface area contributed by atoms with E-state index in [9.17, 15) is 31.5 Å². The zero-order valence-corrected chi connectivity index (χ0v) is 11.4. The van der Waals surface area contributed by atoms with Crippen molar-refractivity contribution < 1.29 is 36.2 Å². The van der Waals surface area contributed by atoms with Gasteiger partial charge in [-0.15, -0.1) is 0 Å². The highest BCUT2D eigenvalue weighted by Crippen LogP contribution is 2.35. The predicted molar refractivity (Wildman–Crippen MR) is 67.6 cm³/mol. The molecule has 0 saturated heterocycles. The maximum absolute atomic E-state index is 12.6. The van der Waals surface area contributed by atoms with E-state index >= 15 is 0 Å². The zero-order valence-electron chi connectivity index (χ0n) is 10.6. The first kappa shape index (κ1) is 14.8. The van der Waals surface area contributed by atoms with Gasteiger partial charge in [-0.1, -0.05) is 6.07 Å². The fourth-order valence-electron chi connectivity index (χ4n) is 2.20. The summed E-state index contributed by atoms with van der Waals surface area (Å²) in [6.07, 6.45) is -1.44. The number of rotatable bonds is 1. The van der Waals surface area contributed by atoms with Gasteiger partial charge in [-0.3, -0.25) is 0 Å². The molecule has 2 aromatic carbocycles. The van der Waals surface area contributed by atoms with Crippen LogP contribution in [0.25, 0.3) is 10.8 Å². The van der Waals surface area contributed by atoms with Gasteiger partial charge < -0.3 is 9.84 Å². The number of aliphatic hydroxyl groups excluding tert-OH is 1. The molecule has 1 N–H and O–H groups in total. The topological polar surface area (TPSA) is 80.7 Å². The van der Waals surface area contributed by atoms with Gasteiger partial charge in [0.1, 0.15) is 0 Å². The number of ether oxygens (including phenoxy) is 1. The molecule has 1 unspecified atom stereocenters. The lowest BCUT2D eigenvalue weighted by Gasteiger charge is -2.09. The second-order valence-corrected chi connectivity index (χ2v) is 6.60. The Morgan fingerprint density at radius 3 is 2.41 bits per heavy atom. The summed E-state index contributed by atoms with van der Waals surface area (Å²) in [4.78, 5) is 10.6. The van der Waals surface area contributed by atoms with Crippen molar-refractivity contribution in [1.29, 1.82) is 0 Å². The number of carbonyl (C=O) groups is 1. The molecule has 0 fully saturated rings. The van der Waals surface area contributed by atoms with Crippen LogP contribution in [0, 0.1) is 0 Å². The highest BCUT2D eigenvalue weighted by molar-refractivity contribution is 7.92. The number of sulfone groups is 1. The number of esters is 1. The summed E-state index contributed by atoms with van der Waals surface area (Å²) in [7, 11) is -5.47. The van der Waals surface area contributed by atoms with Gasteiger partial charge in [0.2, 0.25) is 6.29 Å². The SMILES string of the molecule is O=C1OC(O)c2cc3ccc(S(=O)(=O)C(F)(F)F)cc3cc21. The number of carbonyl (C=O) groups excluding carboxylic acids is 1. The summed E-state index contributed by atoms with van der Waals surface area (Å²) in [5, 5.41) is 10.0. The van der Waals surface area contributed by atoms with E-state index < -0.39 is 32.5 Å². The Morgan fingerprint density at radius 1 is 1.09 bits per heavy atom. The average Bonchev–Trinajstić information content (AvgIpc) is 2.69. The molecule has 0 aromatic heterocycles. The van der Waals surface area contributed by atoms with Crippen LogP contribution in [-0.4, -0.2) is 25.0 Å². The molecule has 1 heterocycles. The number of hydrogen-bond donors (Lipinski definition) is 1. The van der Waals surface area contributed by atoms with E-state index in [1.165, 1.54) is 18.2 Å². The van der Waals surface area contributed by atoms with Gasteiger partial charge in [-0.25, -0.2) is 13.2 Å². The third-order valence-corrected chi connectivity index (χ3v) is 4.78. The van der Waals surface area contributed by atoms with Crippen LogP contribution in [0.1, 0.15) is 22.2 Å². The van der Waals surface area contributed by atoms with Crippen molar-refractivity contribution in [3.63, 3.8) is 0 Å². The van der Waals surface area contributed by atoms with Crippen LogP contribution in [0.15, 0.2) is 35.2 Å². The van der Waals surface area contributed by atoms with Crippen LogP contribution in [0.4, 0.5) is 13.2 Å². The Balaban J connectivity index is 2.22. The zero-order chi connectivity index (χ0) is 16.3. The van der Waals surface area contributed by atoms with Crippen LogP contribution in [0.3, 0.4) is 0 Å². The summed E-state index contributed by atoms with van der Waals surface area (Å²) < 4.78 is 65.0. The molecule has 1 aliphatic heterocycles. The largest absolute Gasteiger partial charge is 0.501 e. The molecule has 116 valence electrons. The lowest BCUT2D eigenvalue weighted by atomic mass is 10.0. The molecule has 1 aliphatic rings. The molecule has 5 nitrogen and oxygen atoms in total. The van der Waals surface area contributed by atoms with Crippen molar-refractivity contribution in [1.82, 2.24) is 0 Å². The number of halogens is 3. The fourth-order valence-corrected chi connectivity index (χ4v) is 3.00. The first-order valence-corrected chi connectivity index (χ1v) is 7.38. The minimum absolute atomic E-state index is 0.0124. The number of hydrogen-bond acceptors (Lipinski definition) is 5. The second-order valence-electron chi connectivity index (χ2n) is 4.66. The average molecular weight is 332 g/mol. The molecule has 0 bridgehead atoms. The molecule has 0 aliphatic carbocycles. The number of alkyl halides is 3. The Hall–Kier alpha value is -2.13.